The molecule has 1 atom stereocenters. The van der Waals surface area contributed by atoms with Crippen LogP contribution >= 0.6 is 24.0 Å². The van der Waals surface area contributed by atoms with Gasteiger partial charge in [-0.2, -0.15) is 0 Å². The summed E-state index contributed by atoms with van der Waals surface area (Å²) in [5.41, 5.74) is 5.39. The van der Waals surface area contributed by atoms with Gasteiger partial charge in [0.2, 0.25) is 5.91 Å². The van der Waals surface area contributed by atoms with Gasteiger partial charge in [0.1, 0.15) is 0 Å². The van der Waals surface area contributed by atoms with Gasteiger partial charge in [0.15, 0.2) is 0 Å². The fourth-order valence-electron chi connectivity index (χ4n) is 1.70. The number of hydrogen-bond acceptors (Lipinski definition) is 3. The number of nitrogens with two attached hydrogens (primary N) is 1. The molecule has 0 aromatic rings. The van der Waals surface area contributed by atoms with Crippen LogP contribution in [-0.2, 0) is 4.79 Å². The summed E-state index contributed by atoms with van der Waals surface area (Å²) >= 11 is 6.57. The van der Waals surface area contributed by atoms with Crippen LogP contribution in [0, 0.1) is 0 Å². The van der Waals surface area contributed by atoms with E-state index in [2.05, 4.69) is 5.32 Å². The second-order valence-electron chi connectivity index (χ2n) is 4.07. The van der Waals surface area contributed by atoms with Crippen LogP contribution < -0.4 is 11.1 Å². The Morgan fingerprint density at radius 2 is 2.25 bits per heavy atom. The third-order valence-corrected chi connectivity index (χ3v) is 4.20. The molecule has 16 heavy (non-hydrogen) atoms. The number of thioether (sulfide) groups is 1. The van der Waals surface area contributed by atoms with Crippen molar-refractivity contribution in [2.75, 3.05) is 12.3 Å². The first kappa shape index (κ1) is 13.8. The molecule has 0 bridgehead atoms. The summed E-state index contributed by atoms with van der Waals surface area (Å²) in [7, 11) is 0. The molecule has 0 radical (unpaired) electrons. The maximum Gasteiger partial charge on any atom is 0.233 e. The monoisotopic (exact) mass is 260 g/mol. The van der Waals surface area contributed by atoms with Gasteiger partial charge in [-0.3, -0.25) is 4.79 Å². The van der Waals surface area contributed by atoms with Crippen molar-refractivity contribution in [3.8, 4) is 0 Å². The van der Waals surface area contributed by atoms with E-state index in [0.29, 0.717) is 4.99 Å². The average Bonchev–Trinajstić information content (AvgIpc) is 2.29. The molecule has 1 rings (SSSR count). The van der Waals surface area contributed by atoms with E-state index in [1.54, 1.807) is 11.8 Å². The Bertz CT molecular complexity index is 240. The number of amides is 1. The topological polar surface area (TPSA) is 55.1 Å². The van der Waals surface area contributed by atoms with Crippen LogP contribution in [0.2, 0.25) is 0 Å². The molecule has 1 heterocycles. The van der Waals surface area contributed by atoms with Gasteiger partial charge in [-0.15, -0.1) is 11.8 Å². The Hall–Kier alpha value is -0.290. The summed E-state index contributed by atoms with van der Waals surface area (Å²) < 4.78 is 0. The lowest BCUT2D eigenvalue weighted by Crippen LogP contribution is -2.34. The Kier molecular flexibility index (Phi) is 6.80. The predicted molar refractivity (Wildman–Crippen MR) is 73.7 cm³/mol. The molecule has 1 saturated heterocycles. The lowest BCUT2D eigenvalue weighted by atomic mass is 10.2. The molecule has 92 valence electrons. The zero-order chi connectivity index (χ0) is 11.8. The molecule has 5 heteroatoms. The lowest BCUT2D eigenvalue weighted by Gasteiger charge is -2.20. The maximum atomic E-state index is 11.7. The summed E-state index contributed by atoms with van der Waals surface area (Å²) in [5.74, 6) is 1.33. The zero-order valence-corrected chi connectivity index (χ0v) is 11.2. The van der Waals surface area contributed by atoms with Crippen molar-refractivity contribution in [2.24, 2.45) is 5.73 Å². The standard InChI is InChI=1S/C11H20N2OS2/c12-10(15)6-1-3-7-13-11(14)9-5-2-4-8-16-9/h9H,1-8H2,(H2,12,15)(H,13,14). The van der Waals surface area contributed by atoms with Gasteiger partial charge >= 0.3 is 0 Å². The van der Waals surface area contributed by atoms with Gasteiger partial charge in [-0.25, -0.2) is 0 Å². The fraction of sp³-hybridized carbons (Fsp3) is 0.818. The molecule has 0 aliphatic carbocycles. The molecule has 1 aliphatic heterocycles. The second kappa shape index (κ2) is 7.90. The van der Waals surface area contributed by atoms with E-state index in [1.807, 2.05) is 0 Å². The van der Waals surface area contributed by atoms with Crippen LogP contribution in [0.15, 0.2) is 0 Å². The zero-order valence-electron chi connectivity index (χ0n) is 9.54. The molecular formula is C11H20N2OS2. The lowest BCUT2D eigenvalue weighted by molar-refractivity contribution is -0.120. The molecule has 1 amide bonds. The van der Waals surface area contributed by atoms with Gasteiger partial charge in [-0.05, 0) is 37.9 Å². The van der Waals surface area contributed by atoms with E-state index in [1.165, 1.54) is 12.8 Å². The molecule has 0 aromatic carbocycles. The predicted octanol–water partition coefficient (Wildman–Crippen LogP) is 1.84. The number of carbonyl (C=O) groups is 1. The number of hydrogen-bond donors (Lipinski definition) is 2. The van der Waals surface area contributed by atoms with Gasteiger partial charge in [0.25, 0.3) is 0 Å². The van der Waals surface area contributed by atoms with Crippen LogP contribution in [0.3, 0.4) is 0 Å². The van der Waals surface area contributed by atoms with Crippen molar-refractivity contribution in [3.05, 3.63) is 0 Å². The summed E-state index contributed by atoms with van der Waals surface area (Å²) in [6.45, 7) is 0.749. The van der Waals surface area contributed by atoms with E-state index < -0.39 is 0 Å². The summed E-state index contributed by atoms with van der Waals surface area (Å²) in [6.07, 6.45) is 6.18. The summed E-state index contributed by atoms with van der Waals surface area (Å²) in [4.78, 5) is 12.3. The van der Waals surface area contributed by atoms with Crippen molar-refractivity contribution < 1.29 is 4.79 Å². The first-order chi connectivity index (χ1) is 7.70. The highest BCUT2D eigenvalue weighted by molar-refractivity contribution is 8.00. The minimum atomic E-state index is 0.185. The number of rotatable bonds is 6. The van der Waals surface area contributed by atoms with Gasteiger partial charge in [0.05, 0.1) is 10.2 Å². The highest BCUT2D eigenvalue weighted by Crippen LogP contribution is 2.24. The summed E-state index contributed by atoms with van der Waals surface area (Å²) in [5, 5.41) is 3.17. The molecular weight excluding hydrogens is 240 g/mol. The van der Waals surface area contributed by atoms with Gasteiger partial charge < -0.3 is 11.1 Å². The van der Waals surface area contributed by atoms with Crippen LogP contribution in [0.5, 0.6) is 0 Å². The molecule has 1 fully saturated rings. The van der Waals surface area contributed by atoms with Crippen molar-refractivity contribution in [1.82, 2.24) is 5.32 Å². The third kappa shape index (κ3) is 5.70. The Morgan fingerprint density at radius 1 is 1.44 bits per heavy atom. The SMILES string of the molecule is NC(=S)CCCCNC(=O)C1CCCCS1. The van der Waals surface area contributed by atoms with Crippen LogP contribution in [0.25, 0.3) is 0 Å². The fourth-order valence-corrected chi connectivity index (χ4v) is 3.06. The molecule has 0 spiro atoms. The smallest absolute Gasteiger partial charge is 0.233 e. The first-order valence-corrected chi connectivity index (χ1v) is 7.33. The van der Waals surface area contributed by atoms with Crippen LogP contribution in [0.4, 0.5) is 0 Å². The van der Waals surface area contributed by atoms with Crippen molar-refractivity contribution >= 4 is 34.9 Å². The Balaban J connectivity index is 2.03. The Morgan fingerprint density at radius 3 is 2.88 bits per heavy atom. The van der Waals surface area contributed by atoms with Crippen molar-refractivity contribution in [1.29, 1.82) is 0 Å². The molecule has 1 aliphatic rings. The normalized spacial score (nSPS) is 20.4. The van der Waals surface area contributed by atoms with Crippen molar-refractivity contribution in [2.45, 2.75) is 43.8 Å². The second-order valence-corrected chi connectivity index (χ2v) is 5.90. The minimum Gasteiger partial charge on any atom is -0.393 e. The number of nitrogens with one attached hydrogen (secondary N) is 1. The largest absolute Gasteiger partial charge is 0.393 e. The molecule has 3 N–H and O–H groups in total. The first-order valence-electron chi connectivity index (χ1n) is 5.88. The van der Waals surface area contributed by atoms with E-state index in [4.69, 9.17) is 18.0 Å². The molecule has 0 saturated carbocycles. The quantitative estimate of drug-likeness (QED) is 0.565. The average molecular weight is 260 g/mol. The summed E-state index contributed by atoms with van der Waals surface area (Å²) in [6, 6.07) is 0. The van der Waals surface area contributed by atoms with Crippen LogP contribution in [-0.4, -0.2) is 28.4 Å². The minimum absolute atomic E-state index is 0.185. The van der Waals surface area contributed by atoms with Gasteiger partial charge in [-0.1, -0.05) is 18.6 Å². The highest BCUT2D eigenvalue weighted by Gasteiger charge is 2.20. The van der Waals surface area contributed by atoms with E-state index >= 15 is 0 Å². The molecule has 0 aromatic heterocycles. The van der Waals surface area contributed by atoms with Crippen molar-refractivity contribution in [3.63, 3.8) is 0 Å². The van der Waals surface area contributed by atoms with E-state index in [-0.39, 0.29) is 11.2 Å². The van der Waals surface area contributed by atoms with E-state index in [0.717, 1.165) is 38.0 Å². The Labute approximate surface area is 107 Å². The van der Waals surface area contributed by atoms with E-state index in [9.17, 15) is 4.79 Å². The molecule has 3 nitrogen and oxygen atoms in total. The van der Waals surface area contributed by atoms with Gasteiger partial charge in [0, 0.05) is 6.54 Å². The number of thiocarbonyl (C=S) groups is 1. The molecule has 1 unspecified atom stereocenters. The maximum absolute atomic E-state index is 11.7. The number of unbranched alkanes of at least 4 members (excludes halogenated alkanes) is 1. The highest BCUT2D eigenvalue weighted by atomic mass is 32.2. The van der Waals surface area contributed by atoms with Crippen LogP contribution in [0.1, 0.15) is 38.5 Å². The number of carbonyl (C=O) groups excluding carboxylic acids is 1. The third-order valence-electron chi connectivity index (χ3n) is 2.62.